The van der Waals surface area contributed by atoms with Gasteiger partial charge in [0.2, 0.25) is 0 Å². The molecule has 0 saturated carbocycles. The van der Waals surface area contributed by atoms with Gasteiger partial charge in [-0.25, -0.2) is 0 Å². The summed E-state index contributed by atoms with van der Waals surface area (Å²) < 4.78 is 0. The summed E-state index contributed by atoms with van der Waals surface area (Å²) in [7, 11) is 0. The van der Waals surface area contributed by atoms with Crippen LogP contribution in [-0.4, -0.2) is 16.0 Å². The first-order valence-electron chi connectivity index (χ1n) is 7.64. The minimum absolute atomic E-state index is 0.105. The van der Waals surface area contributed by atoms with Crippen molar-refractivity contribution in [2.75, 3.05) is 0 Å². The molecule has 1 saturated heterocycles. The van der Waals surface area contributed by atoms with Crippen LogP contribution in [0, 0.1) is 11.3 Å². The minimum Gasteiger partial charge on any atom is -0.268 e. The van der Waals surface area contributed by atoms with Crippen LogP contribution in [0.15, 0.2) is 71.7 Å². The van der Waals surface area contributed by atoms with Crippen molar-refractivity contribution in [2.45, 2.75) is 6.54 Å². The van der Waals surface area contributed by atoms with E-state index in [9.17, 15) is 9.59 Å². The van der Waals surface area contributed by atoms with Crippen molar-refractivity contribution in [3.05, 3.63) is 88.3 Å². The molecule has 0 radical (unpaired) electrons. The van der Waals surface area contributed by atoms with Gasteiger partial charge in [-0.05, 0) is 35.0 Å². The number of amides is 2. The third-order valence-corrected chi connectivity index (χ3v) is 4.60. The Labute approximate surface area is 150 Å². The quantitative estimate of drug-likeness (QED) is 0.772. The second-order valence-electron chi connectivity index (χ2n) is 5.33. The molecule has 5 heteroatoms. The van der Waals surface area contributed by atoms with Crippen LogP contribution in [0.1, 0.15) is 16.7 Å². The van der Waals surface area contributed by atoms with Gasteiger partial charge in [0.05, 0.1) is 23.1 Å². The number of rotatable bonds is 4. The van der Waals surface area contributed by atoms with E-state index in [1.165, 1.54) is 4.90 Å². The van der Waals surface area contributed by atoms with E-state index >= 15 is 0 Å². The van der Waals surface area contributed by atoms with Gasteiger partial charge in [0.15, 0.2) is 0 Å². The maximum absolute atomic E-state index is 12.5. The Bertz CT molecular complexity index is 911. The van der Waals surface area contributed by atoms with Gasteiger partial charge in [-0.1, -0.05) is 60.7 Å². The summed E-state index contributed by atoms with van der Waals surface area (Å²) in [6, 6.07) is 18.7. The summed E-state index contributed by atoms with van der Waals surface area (Å²) in [6.07, 6.45) is 5.28. The minimum atomic E-state index is -0.333. The molecular formula is C20H14N2O2S. The summed E-state index contributed by atoms with van der Waals surface area (Å²) in [5, 5.41) is 8.81. The lowest BCUT2D eigenvalue weighted by Crippen LogP contribution is -2.27. The van der Waals surface area contributed by atoms with E-state index in [1.54, 1.807) is 36.4 Å². The molecule has 1 aliphatic rings. The highest BCUT2D eigenvalue weighted by molar-refractivity contribution is 8.18. The number of allylic oxidation sites excluding steroid dienone is 2. The standard InChI is InChI=1S/C20H14N2O2S/c21-13-16-10-4-5-11-17(16)14-22-19(23)18(25-20(22)24)12-6-9-15-7-2-1-3-8-15/h1-12H,14H2/b9-6+,18-12+. The Morgan fingerprint density at radius 2 is 1.76 bits per heavy atom. The highest BCUT2D eigenvalue weighted by Crippen LogP contribution is 2.32. The molecule has 0 atom stereocenters. The van der Waals surface area contributed by atoms with Crippen LogP contribution in [0.5, 0.6) is 0 Å². The molecule has 1 fully saturated rings. The highest BCUT2D eigenvalue weighted by atomic mass is 32.2. The molecule has 0 unspecified atom stereocenters. The van der Waals surface area contributed by atoms with Gasteiger partial charge < -0.3 is 0 Å². The van der Waals surface area contributed by atoms with Crippen LogP contribution in [-0.2, 0) is 11.3 Å². The zero-order valence-electron chi connectivity index (χ0n) is 13.3. The van der Waals surface area contributed by atoms with Crippen molar-refractivity contribution in [2.24, 2.45) is 0 Å². The summed E-state index contributed by atoms with van der Waals surface area (Å²) >= 11 is 0.914. The number of carbonyl (C=O) groups is 2. The van der Waals surface area contributed by atoms with E-state index in [2.05, 4.69) is 6.07 Å². The third kappa shape index (κ3) is 3.87. The van der Waals surface area contributed by atoms with E-state index in [0.29, 0.717) is 16.0 Å². The maximum Gasteiger partial charge on any atom is 0.293 e. The van der Waals surface area contributed by atoms with Gasteiger partial charge in [-0.3, -0.25) is 14.5 Å². The first-order valence-corrected chi connectivity index (χ1v) is 8.46. The topological polar surface area (TPSA) is 61.2 Å². The SMILES string of the molecule is N#Cc1ccccc1CN1C(=O)S/C(=C/C=C/c2ccccc2)C1=O. The van der Waals surface area contributed by atoms with Crippen molar-refractivity contribution < 1.29 is 9.59 Å². The molecule has 2 amide bonds. The van der Waals surface area contributed by atoms with Crippen LogP contribution in [0.2, 0.25) is 0 Å². The average Bonchev–Trinajstić information content (AvgIpc) is 2.91. The van der Waals surface area contributed by atoms with Gasteiger partial charge in [0.25, 0.3) is 11.1 Å². The van der Waals surface area contributed by atoms with E-state index < -0.39 is 0 Å². The number of nitriles is 1. The highest BCUT2D eigenvalue weighted by Gasteiger charge is 2.34. The second kappa shape index (κ2) is 7.65. The predicted octanol–water partition coefficient (Wildman–Crippen LogP) is 4.35. The van der Waals surface area contributed by atoms with Crippen LogP contribution in [0.4, 0.5) is 4.79 Å². The fourth-order valence-corrected chi connectivity index (χ4v) is 3.19. The number of nitrogens with zero attached hydrogens (tertiary/aromatic N) is 2. The summed E-state index contributed by atoms with van der Waals surface area (Å²) in [5.74, 6) is -0.333. The number of hydrogen-bond acceptors (Lipinski definition) is 4. The lowest BCUT2D eigenvalue weighted by Gasteiger charge is -2.13. The average molecular weight is 346 g/mol. The fraction of sp³-hybridized carbons (Fsp3) is 0.0500. The molecule has 122 valence electrons. The van der Waals surface area contributed by atoms with Gasteiger partial charge >= 0.3 is 0 Å². The first kappa shape index (κ1) is 16.7. The van der Waals surface area contributed by atoms with Crippen molar-refractivity contribution in [1.82, 2.24) is 4.90 Å². The molecule has 1 aliphatic heterocycles. The molecule has 1 heterocycles. The zero-order valence-corrected chi connectivity index (χ0v) is 14.1. The second-order valence-corrected chi connectivity index (χ2v) is 6.32. The number of benzene rings is 2. The number of hydrogen-bond donors (Lipinski definition) is 0. The van der Waals surface area contributed by atoms with Crippen molar-refractivity contribution in [3.8, 4) is 6.07 Å². The van der Waals surface area contributed by atoms with Gasteiger partial charge in [-0.2, -0.15) is 5.26 Å². The lowest BCUT2D eigenvalue weighted by molar-refractivity contribution is -0.123. The fourth-order valence-electron chi connectivity index (χ4n) is 2.40. The third-order valence-electron chi connectivity index (χ3n) is 3.68. The molecule has 4 nitrogen and oxygen atoms in total. The summed E-state index contributed by atoms with van der Waals surface area (Å²) in [4.78, 5) is 26.2. The zero-order chi connectivity index (χ0) is 17.6. The van der Waals surface area contributed by atoms with Crippen LogP contribution < -0.4 is 0 Å². The van der Waals surface area contributed by atoms with Gasteiger partial charge in [0.1, 0.15) is 0 Å². The molecule has 0 aromatic heterocycles. The summed E-state index contributed by atoms with van der Waals surface area (Å²) in [5.41, 5.74) is 2.14. The monoisotopic (exact) mass is 346 g/mol. The number of carbonyl (C=O) groups excluding carboxylic acids is 2. The lowest BCUT2D eigenvalue weighted by atomic mass is 10.1. The molecule has 2 aromatic rings. The molecule has 0 aliphatic carbocycles. The molecule has 0 spiro atoms. The normalized spacial score (nSPS) is 16.0. The van der Waals surface area contributed by atoms with Gasteiger partial charge in [-0.15, -0.1) is 0 Å². The van der Waals surface area contributed by atoms with Crippen molar-refractivity contribution >= 4 is 29.0 Å². The Balaban J connectivity index is 1.75. The summed E-state index contributed by atoms with van der Waals surface area (Å²) in [6.45, 7) is 0.105. The molecule has 3 rings (SSSR count). The molecule has 2 aromatic carbocycles. The van der Waals surface area contributed by atoms with Crippen molar-refractivity contribution in [3.63, 3.8) is 0 Å². The Kier molecular flexibility index (Phi) is 5.12. The molecule has 0 bridgehead atoms. The molecule has 0 N–H and O–H groups in total. The van der Waals surface area contributed by atoms with Crippen LogP contribution >= 0.6 is 11.8 Å². The van der Waals surface area contributed by atoms with Crippen LogP contribution in [0.25, 0.3) is 6.08 Å². The maximum atomic E-state index is 12.5. The molecular weight excluding hydrogens is 332 g/mol. The Morgan fingerprint density at radius 3 is 2.52 bits per heavy atom. The predicted molar refractivity (Wildman–Crippen MR) is 98.3 cm³/mol. The largest absolute Gasteiger partial charge is 0.293 e. The van der Waals surface area contributed by atoms with E-state index in [4.69, 9.17) is 5.26 Å². The first-order chi connectivity index (χ1) is 12.2. The number of thioether (sulfide) groups is 1. The number of imide groups is 1. The van der Waals surface area contributed by atoms with E-state index in [0.717, 1.165) is 17.3 Å². The Hall–Kier alpha value is -3.10. The van der Waals surface area contributed by atoms with Crippen LogP contribution in [0.3, 0.4) is 0 Å². The Morgan fingerprint density at radius 1 is 1.04 bits per heavy atom. The smallest absolute Gasteiger partial charge is 0.268 e. The van der Waals surface area contributed by atoms with E-state index in [-0.39, 0.29) is 17.7 Å². The van der Waals surface area contributed by atoms with E-state index in [1.807, 2.05) is 36.4 Å². The van der Waals surface area contributed by atoms with Gasteiger partial charge in [0, 0.05) is 0 Å². The van der Waals surface area contributed by atoms with Crippen molar-refractivity contribution in [1.29, 1.82) is 5.26 Å². The molecule has 25 heavy (non-hydrogen) atoms.